The maximum absolute atomic E-state index is 13.2. The van der Waals surface area contributed by atoms with E-state index in [0.29, 0.717) is 73.6 Å². The van der Waals surface area contributed by atoms with Gasteiger partial charge in [-0.25, -0.2) is 4.98 Å². The smallest absolute Gasteiger partial charge is 0.321 e. The van der Waals surface area contributed by atoms with E-state index in [-0.39, 0.29) is 55.4 Å². The molecule has 24 heteroatoms. The number of anilines is 4. The Labute approximate surface area is 444 Å². The second kappa shape index (κ2) is 29.3. The SMILES string of the molecule is Cc1cccc(Cl)c1NC(=O)c1cnc(N[n+]2ccc(N3CCN(CCCCCCOCCOCCOCCOCCOCCOCC(=O)Nc4cccc5c4C(=O)N(C4CCC(=O)NC4=O)C5=O)CC3)nc2C)s1. The van der Waals surface area contributed by atoms with Crippen molar-refractivity contribution in [2.45, 2.75) is 58.4 Å². The predicted molar refractivity (Wildman–Crippen MR) is 278 cm³/mol. The highest BCUT2D eigenvalue weighted by atomic mass is 35.5. The van der Waals surface area contributed by atoms with Crippen molar-refractivity contribution in [3.05, 3.63) is 87.3 Å². The molecular weight excluding hydrogens is 1010 g/mol. The van der Waals surface area contributed by atoms with Gasteiger partial charge in [-0.05, 0) is 61.5 Å². The summed E-state index contributed by atoms with van der Waals surface area (Å²) in [7, 11) is 0. The van der Waals surface area contributed by atoms with Crippen LogP contribution in [-0.2, 0) is 42.8 Å². The van der Waals surface area contributed by atoms with Gasteiger partial charge in [0.1, 0.15) is 23.7 Å². The number of benzene rings is 2. The van der Waals surface area contributed by atoms with E-state index in [4.69, 9.17) is 45.0 Å². The van der Waals surface area contributed by atoms with E-state index < -0.39 is 35.6 Å². The molecule has 75 heavy (non-hydrogen) atoms. The van der Waals surface area contributed by atoms with Gasteiger partial charge in [0.2, 0.25) is 28.7 Å². The van der Waals surface area contributed by atoms with Crippen molar-refractivity contribution in [1.82, 2.24) is 25.1 Å². The van der Waals surface area contributed by atoms with Crippen LogP contribution >= 0.6 is 22.9 Å². The summed E-state index contributed by atoms with van der Waals surface area (Å²) in [5, 5.41) is 8.71. The summed E-state index contributed by atoms with van der Waals surface area (Å²) in [6, 6.07) is 10.8. The van der Waals surface area contributed by atoms with Crippen molar-refractivity contribution in [2.24, 2.45) is 0 Å². The molecule has 7 rings (SSSR count). The number of nitrogens with zero attached hydrogens (tertiary/aromatic N) is 6. The number of rotatable bonds is 31. The minimum Gasteiger partial charge on any atom is -0.379 e. The Bertz CT molecular complexity index is 2580. The van der Waals surface area contributed by atoms with Crippen LogP contribution in [0.3, 0.4) is 0 Å². The molecule has 5 heterocycles. The van der Waals surface area contributed by atoms with Crippen molar-refractivity contribution in [2.75, 3.05) is 133 Å². The topological polar surface area (TPSA) is 245 Å². The lowest BCUT2D eigenvalue weighted by Crippen LogP contribution is -2.54. The molecule has 22 nitrogen and oxygen atoms in total. The largest absolute Gasteiger partial charge is 0.379 e. The van der Waals surface area contributed by atoms with Crippen molar-refractivity contribution in [3.8, 4) is 0 Å². The van der Waals surface area contributed by atoms with Gasteiger partial charge in [0.05, 0.1) is 99.8 Å². The van der Waals surface area contributed by atoms with E-state index in [2.05, 4.69) is 36.2 Å². The number of amides is 6. The number of carbonyl (C=O) groups is 6. The fourth-order valence-electron chi connectivity index (χ4n) is 8.46. The summed E-state index contributed by atoms with van der Waals surface area (Å²) >= 11 is 7.54. The molecule has 0 bridgehead atoms. The molecule has 0 radical (unpaired) electrons. The molecule has 1 atom stereocenters. The molecule has 4 aromatic rings. The van der Waals surface area contributed by atoms with Gasteiger partial charge in [0.25, 0.3) is 17.7 Å². The quantitative estimate of drug-likeness (QED) is 0.0316. The third kappa shape index (κ3) is 16.7. The Morgan fingerprint density at radius 1 is 0.773 bits per heavy atom. The average Bonchev–Trinajstić information content (AvgIpc) is 3.98. The Morgan fingerprint density at radius 2 is 1.43 bits per heavy atom. The zero-order chi connectivity index (χ0) is 52.9. The lowest BCUT2D eigenvalue weighted by Gasteiger charge is -2.34. The number of halogens is 1. The van der Waals surface area contributed by atoms with Gasteiger partial charge in [-0.3, -0.25) is 43.9 Å². The number of aromatic nitrogens is 3. The Balaban J connectivity index is 0.613. The lowest BCUT2D eigenvalue weighted by molar-refractivity contribution is -0.652. The summed E-state index contributed by atoms with van der Waals surface area (Å²) < 4.78 is 35.1. The highest BCUT2D eigenvalue weighted by Crippen LogP contribution is 2.33. The van der Waals surface area contributed by atoms with Gasteiger partial charge in [0.15, 0.2) is 0 Å². The first-order valence-electron chi connectivity index (χ1n) is 25.2. The number of fused-ring (bicyclic) bond motifs is 1. The monoisotopic (exact) mass is 1080 g/mol. The first-order chi connectivity index (χ1) is 36.5. The maximum Gasteiger partial charge on any atom is 0.321 e. The molecule has 3 aliphatic rings. The van der Waals surface area contributed by atoms with Gasteiger partial charge in [-0.2, -0.15) is 5.43 Å². The van der Waals surface area contributed by atoms with Crippen LogP contribution in [0.5, 0.6) is 0 Å². The number of piperidine rings is 1. The summed E-state index contributed by atoms with van der Waals surface area (Å²) in [6.07, 6.45) is 8.00. The zero-order valence-corrected chi connectivity index (χ0v) is 44.0. The molecule has 404 valence electrons. The minimum absolute atomic E-state index is 0.00678. The van der Waals surface area contributed by atoms with Gasteiger partial charge in [0, 0.05) is 52.2 Å². The molecule has 4 N–H and O–H groups in total. The second-order valence-corrected chi connectivity index (χ2v) is 19.2. The number of imide groups is 2. The Hall–Kier alpha value is -6.02. The molecule has 1 unspecified atom stereocenters. The number of ether oxygens (including phenoxy) is 6. The number of nitrogens with one attached hydrogen (secondary N) is 4. The van der Waals surface area contributed by atoms with Gasteiger partial charge in [-0.15, -0.1) is 4.68 Å². The number of unbranched alkanes of at least 4 members (excludes halogenated alkanes) is 3. The first kappa shape index (κ1) is 56.7. The predicted octanol–water partition coefficient (Wildman–Crippen LogP) is 4.05. The third-order valence-electron chi connectivity index (χ3n) is 12.4. The zero-order valence-electron chi connectivity index (χ0n) is 42.4. The van der Waals surface area contributed by atoms with E-state index in [1.807, 2.05) is 38.2 Å². The summed E-state index contributed by atoms with van der Waals surface area (Å²) in [5.41, 5.74) is 4.89. The van der Waals surface area contributed by atoms with Crippen LogP contribution in [0.25, 0.3) is 0 Å². The van der Waals surface area contributed by atoms with E-state index in [0.717, 1.165) is 80.7 Å². The van der Waals surface area contributed by atoms with Crippen LogP contribution in [0.15, 0.2) is 54.9 Å². The molecule has 3 aliphatic heterocycles. The number of thiazole rings is 1. The number of carbonyl (C=O) groups excluding carboxylic acids is 6. The van der Waals surface area contributed by atoms with Crippen LogP contribution in [0.2, 0.25) is 5.02 Å². The molecule has 6 amide bonds. The standard InChI is InChI=1S/C51H65ClN10O12S/c1-35-9-7-11-38(52)46(35)57-48(66)41-33-53-51(75-41)58-61-17-15-42(54-36(61)2)60-20-18-59(19-21-60)16-5-3-4-6-22-69-23-24-70-25-26-71-27-28-72-29-30-73-31-32-74-34-44(64)55-39-12-8-10-37-45(39)50(68)62(49(37)67)40-13-14-43(63)56-47(40)65/h7-12,15,17,33,40H,3-6,13-14,16,18-32,34H2,1-2H3,(H3-,53,55,56,57,58,63,64,65,66,68)/p+1. The summed E-state index contributed by atoms with van der Waals surface area (Å²) in [4.78, 5) is 91.0. The normalized spacial score (nSPS) is 15.9. The first-order valence-corrected chi connectivity index (χ1v) is 26.4. The van der Waals surface area contributed by atoms with E-state index >= 15 is 0 Å². The molecule has 2 aromatic heterocycles. The number of para-hydroxylation sites is 1. The molecule has 0 spiro atoms. The minimum atomic E-state index is -1.11. The lowest BCUT2D eigenvalue weighted by atomic mass is 10.0. The number of hydrogen-bond acceptors (Lipinski definition) is 18. The van der Waals surface area contributed by atoms with E-state index in [1.165, 1.54) is 36.0 Å². The highest BCUT2D eigenvalue weighted by molar-refractivity contribution is 7.17. The van der Waals surface area contributed by atoms with Crippen LogP contribution < -0.4 is 31.0 Å². The number of piperazine rings is 1. The van der Waals surface area contributed by atoms with Crippen LogP contribution in [0, 0.1) is 13.8 Å². The fraction of sp³-hybridized carbons (Fsp3) is 0.510. The maximum atomic E-state index is 13.2. The van der Waals surface area contributed by atoms with E-state index in [1.54, 1.807) is 16.9 Å². The van der Waals surface area contributed by atoms with Gasteiger partial charge >= 0.3 is 5.82 Å². The van der Waals surface area contributed by atoms with E-state index in [9.17, 15) is 28.8 Å². The molecule has 0 saturated carbocycles. The van der Waals surface area contributed by atoms with Gasteiger partial charge < -0.3 is 44.0 Å². The molecule has 2 aromatic carbocycles. The number of aryl methyl sites for hydroxylation is 2. The van der Waals surface area contributed by atoms with Crippen LogP contribution in [0.1, 0.15) is 80.3 Å². The summed E-state index contributed by atoms with van der Waals surface area (Å²) in [5.74, 6) is -1.64. The number of hydrogen-bond donors (Lipinski definition) is 4. The van der Waals surface area contributed by atoms with Crippen molar-refractivity contribution < 1.29 is 61.9 Å². The fourth-order valence-corrected chi connectivity index (χ4v) is 9.44. The molecule has 0 aliphatic carbocycles. The van der Waals surface area contributed by atoms with Crippen LogP contribution in [-0.4, -0.2) is 173 Å². The summed E-state index contributed by atoms with van der Waals surface area (Å²) in [6.45, 7) is 13.0. The molecule has 2 saturated heterocycles. The Morgan fingerprint density at radius 3 is 2.09 bits per heavy atom. The van der Waals surface area contributed by atoms with Crippen molar-refractivity contribution in [1.29, 1.82) is 0 Å². The van der Waals surface area contributed by atoms with Crippen molar-refractivity contribution in [3.63, 3.8) is 0 Å². The molecular formula is C51H66ClN10O12S+. The second-order valence-electron chi connectivity index (χ2n) is 17.8. The third-order valence-corrected chi connectivity index (χ3v) is 13.7. The van der Waals surface area contributed by atoms with Crippen molar-refractivity contribution >= 4 is 80.7 Å². The van der Waals surface area contributed by atoms with Crippen LogP contribution in [0.4, 0.5) is 22.3 Å². The average molecular weight is 1080 g/mol. The highest BCUT2D eigenvalue weighted by Gasteiger charge is 2.45. The van der Waals surface area contributed by atoms with Gasteiger partial charge in [-0.1, -0.05) is 54.0 Å². The Kier molecular flexibility index (Phi) is 22.2. The molecule has 2 fully saturated rings.